The molecule has 1 aromatic rings. The molecule has 1 aliphatic heterocycles. The van der Waals surface area contributed by atoms with E-state index < -0.39 is 0 Å². The lowest BCUT2D eigenvalue weighted by Gasteiger charge is -2.22. The van der Waals surface area contributed by atoms with Crippen molar-refractivity contribution in [3.63, 3.8) is 0 Å². The summed E-state index contributed by atoms with van der Waals surface area (Å²) < 4.78 is 0. The van der Waals surface area contributed by atoms with Gasteiger partial charge in [-0.05, 0) is 37.3 Å². The van der Waals surface area contributed by atoms with Gasteiger partial charge in [-0.2, -0.15) is 0 Å². The Morgan fingerprint density at radius 1 is 1.39 bits per heavy atom. The molecule has 1 unspecified atom stereocenters. The maximum Gasteiger partial charge on any atom is 0.142 e. The summed E-state index contributed by atoms with van der Waals surface area (Å²) in [6, 6.07) is 5.97. The molecular weight excluding hydrogens is 224 g/mol. The van der Waals surface area contributed by atoms with Gasteiger partial charge in [-0.3, -0.25) is 0 Å². The third-order valence-corrected chi connectivity index (χ3v) is 3.75. The Morgan fingerprint density at radius 2 is 2.28 bits per heavy atom. The zero-order chi connectivity index (χ0) is 12.8. The van der Waals surface area contributed by atoms with Crippen molar-refractivity contribution in [2.45, 2.75) is 39.0 Å². The smallest absolute Gasteiger partial charge is 0.142 e. The van der Waals surface area contributed by atoms with Gasteiger partial charge in [-0.25, -0.2) is 10.8 Å². The summed E-state index contributed by atoms with van der Waals surface area (Å²) in [7, 11) is 0. The number of hydrogen-bond acceptors (Lipinski definition) is 4. The summed E-state index contributed by atoms with van der Waals surface area (Å²) in [6.45, 7) is 4.51. The van der Waals surface area contributed by atoms with Gasteiger partial charge in [0, 0.05) is 13.1 Å². The van der Waals surface area contributed by atoms with Crippen molar-refractivity contribution in [1.82, 2.24) is 4.98 Å². The number of aromatic nitrogens is 1. The molecule has 2 heterocycles. The van der Waals surface area contributed by atoms with Gasteiger partial charge < -0.3 is 10.3 Å². The minimum atomic E-state index is 0.738. The van der Waals surface area contributed by atoms with Crippen molar-refractivity contribution in [1.29, 1.82) is 0 Å². The van der Waals surface area contributed by atoms with Gasteiger partial charge in [-0.1, -0.05) is 25.8 Å². The molecule has 1 atom stereocenters. The highest BCUT2D eigenvalue weighted by molar-refractivity contribution is 5.46. The topological polar surface area (TPSA) is 54.2 Å². The molecule has 4 nitrogen and oxygen atoms in total. The normalized spacial score (nSPS) is 20.6. The molecule has 1 saturated heterocycles. The van der Waals surface area contributed by atoms with Gasteiger partial charge in [0.15, 0.2) is 0 Å². The Bertz CT molecular complexity index is 367. The minimum absolute atomic E-state index is 0.738. The maximum atomic E-state index is 5.41. The second kappa shape index (κ2) is 6.59. The van der Waals surface area contributed by atoms with Crippen LogP contribution in [0.15, 0.2) is 18.2 Å². The number of nitrogens with zero attached hydrogens (tertiary/aromatic N) is 2. The van der Waals surface area contributed by atoms with Crippen LogP contribution in [0.25, 0.3) is 0 Å². The van der Waals surface area contributed by atoms with E-state index in [1.54, 1.807) is 0 Å². The molecule has 3 N–H and O–H groups in total. The van der Waals surface area contributed by atoms with Gasteiger partial charge in [0.1, 0.15) is 11.6 Å². The Hall–Kier alpha value is -1.29. The first kappa shape index (κ1) is 13.1. The van der Waals surface area contributed by atoms with Crippen molar-refractivity contribution in [2.24, 2.45) is 11.8 Å². The number of nitrogens with one attached hydrogen (secondary N) is 1. The molecule has 0 bridgehead atoms. The molecule has 18 heavy (non-hydrogen) atoms. The molecule has 2 rings (SSSR count). The van der Waals surface area contributed by atoms with Gasteiger partial charge in [-0.15, -0.1) is 0 Å². The lowest BCUT2D eigenvalue weighted by molar-refractivity contribution is 0.435. The van der Waals surface area contributed by atoms with Gasteiger partial charge in [0.25, 0.3) is 0 Å². The number of rotatable bonds is 4. The van der Waals surface area contributed by atoms with Crippen molar-refractivity contribution < 1.29 is 0 Å². The number of hydrogen-bond donors (Lipinski definition) is 2. The van der Waals surface area contributed by atoms with Crippen LogP contribution in [0.2, 0.25) is 0 Å². The second-order valence-corrected chi connectivity index (χ2v) is 5.10. The van der Waals surface area contributed by atoms with Crippen LogP contribution in [0.1, 0.15) is 39.0 Å². The van der Waals surface area contributed by atoms with E-state index in [1.165, 1.54) is 32.1 Å². The van der Waals surface area contributed by atoms with Crippen molar-refractivity contribution in [2.75, 3.05) is 23.4 Å². The highest BCUT2D eigenvalue weighted by Gasteiger charge is 2.17. The van der Waals surface area contributed by atoms with E-state index >= 15 is 0 Å². The number of nitrogen functional groups attached to an aromatic ring is 1. The fourth-order valence-corrected chi connectivity index (χ4v) is 2.77. The van der Waals surface area contributed by atoms with E-state index in [9.17, 15) is 0 Å². The molecule has 1 fully saturated rings. The number of hydrazine groups is 1. The Balaban J connectivity index is 2.00. The minimum Gasteiger partial charge on any atom is -0.357 e. The van der Waals surface area contributed by atoms with Crippen molar-refractivity contribution in [3.05, 3.63) is 18.2 Å². The Morgan fingerprint density at radius 3 is 3.06 bits per heavy atom. The largest absolute Gasteiger partial charge is 0.357 e. The lowest BCUT2D eigenvalue weighted by Crippen LogP contribution is -2.25. The molecular formula is C14H24N4. The molecule has 1 aliphatic rings. The van der Waals surface area contributed by atoms with E-state index in [-0.39, 0.29) is 0 Å². The predicted molar refractivity (Wildman–Crippen MR) is 76.5 cm³/mol. The van der Waals surface area contributed by atoms with E-state index in [4.69, 9.17) is 5.84 Å². The van der Waals surface area contributed by atoms with Crippen molar-refractivity contribution in [3.8, 4) is 0 Å². The summed E-state index contributed by atoms with van der Waals surface area (Å²) in [6.07, 6.45) is 6.59. The fraction of sp³-hybridized carbons (Fsp3) is 0.643. The van der Waals surface area contributed by atoms with Crippen LogP contribution in [0, 0.1) is 5.92 Å². The molecule has 4 heteroatoms. The average Bonchev–Trinajstić information content (AvgIpc) is 2.65. The molecule has 0 radical (unpaired) electrons. The number of pyridine rings is 1. The first-order chi connectivity index (χ1) is 8.83. The lowest BCUT2D eigenvalue weighted by atomic mass is 9.96. The molecule has 0 aromatic carbocycles. The van der Waals surface area contributed by atoms with Crippen LogP contribution in [0.3, 0.4) is 0 Å². The van der Waals surface area contributed by atoms with E-state index in [2.05, 4.69) is 28.3 Å². The second-order valence-electron chi connectivity index (χ2n) is 5.10. The predicted octanol–water partition coefficient (Wildman–Crippen LogP) is 2.77. The first-order valence-corrected chi connectivity index (χ1v) is 7.02. The van der Waals surface area contributed by atoms with Crippen LogP contribution in [0.5, 0.6) is 0 Å². The van der Waals surface area contributed by atoms with E-state index in [1.807, 2.05) is 12.1 Å². The van der Waals surface area contributed by atoms with Gasteiger partial charge >= 0.3 is 0 Å². The summed E-state index contributed by atoms with van der Waals surface area (Å²) in [5, 5.41) is 0. The molecule has 0 spiro atoms. The standard InChI is InChI=1S/C14H24N4/c1-2-5-12-6-4-10-18(11-9-12)14-8-3-7-13(16-14)17-15/h3,7-8,12H,2,4-6,9-11,15H2,1H3,(H,16,17). The number of anilines is 2. The first-order valence-electron chi connectivity index (χ1n) is 7.02. The van der Waals surface area contributed by atoms with Crippen LogP contribution in [-0.2, 0) is 0 Å². The highest BCUT2D eigenvalue weighted by atomic mass is 15.3. The zero-order valence-corrected chi connectivity index (χ0v) is 11.2. The summed E-state index contributed by atoms with van der Waals surface area (Å²) >= 11 is 0. The van der Waals surface area contributed by atoms with Crippen LogP contribution in [-0.4, -0.2) is 18.1 Å². The third kappa shape index (κ3) is 3.35. The molecule has 0 amide bonds. The molecule has 100 valence electrons. The molecule has 0 aliphatic carbocycles. The van der Waals surface area contributed by atoms with Crippen LogP contribution >= 0.6 is 0 Å². The average molecular weight is 248 g/mol. The summed E-state index contributed by atoms with van der Waals surface area (Å²) in [5.41, 5.74) is 2.61. The quantitative estimate of drug-likeness (QED) is 0.635. The summed E-state index contributed by atoms with van der Waals surface area (Å²) in [5.74, 6) is 8.09. The Labute approximate surface area is 110 Å². The van der Waals surface area contributed by atoms with Crippen molar-refractivity contribution >= 4 is 11.6 Å². The van der Waals surface area contributed by atoms with Gasteiger partial charge in [0.2, 0.25) is 0 Å². The zero-order valence-electron chi connectivity index (χ0n) is 11.2. The monoisotopic (exact) mass is 248 g/mol. The van der Waals surface area contributed by atoms with E-state index in [0.29, 0.717) is 0 Å². The fourth-order valence-electron chi connectivity index (χ4n) is 2.77. The Kier molecular flexibility index (Phi) is 4.81. The SMILES string of the molecule is CCCC1CCCN(c2cccc(NN)n2)CC1. The molecule has 1 aromatic heterocycles. The summed E-state index contributed by atoms with van der Waals surface area (Å²) in [4.78, 5) is 6.90. The molecule has 0 saturated carbocycles. The van der Waals surface area contributed by atoms with Crippen LogP contribution in [0.4, 0.5) is 11.6 Å². The van der Waals surface area contributed by atoms with E-state index in [0.717, 1.165) is 30.6 Å². The number of nitrogens with two attached hydrogens (primary N) is 1. The van der Waals surface area contributed by atoms with Crippen LogP contribution < -0.4 is 16.2 Å². The third-order valence-electron chi connectivity index (χ3n) is 3.75. The maximum absolute atomic E-state index is 5.41. The van der Waals surface area contributed by atoms with Gasteiger partial charge in [0.05, 0.1) is 0 Å². The highest BCUT2D eigenvalue weighted by Crippen LogP contribution is 2.24.